The maximum atomic E-state index is 12.3. The van der Waals surface area contributed by atoms with Gasteiger partial charge in [0.2, 0.25) is 5.88 Å². The van der Waals surface area contributed by atoms with Crippen molar-refractivity contribution in [3.05, 3.63) is 60.2 Å². The molecule has 0 radical (unpaired) electrons. The molecule has 34 heavy (non-hydrogen) atoms. The molecule has 2 aromatic heterocycles. The van der Waals surface area contributed by atoms with Crippen LogP contribution in [-0.2, 0) is 0 Å². The van der Waals surface area contributed by atoms with E-state index in [0.29, 0.717) is 53.1 Å². The number of rotatable bonds is 10. The fraction of sp³-hybridized carbons (Fsp3) is 0.250. The lowest BCUT2D eigenvalue weighted by Crippen LogP contribution is -2.28. The number of carbonyl (C=O) groups excluding carboxylic acids is 1. The monoisotopic (exact) mass is 463 g/mol. The van der Waals surface area contributed by atoms with Crippen molar-refractivity contribution in [2.45, 2.75) is 6.92 Å². The van der Waals surface area contributed by atoms with Crippen LogP contribution >= 0.6 is 0 Å². The van der Waals surface area contributed by atoms with Gasteiger partial charge in [0.25, 0.3) is 5.91 Å². The molecule has 0 aliphatic heterocycles. The van der Waals surface area contributed by atoms with Gasteiger partial charge in [-0.1, -0.05) is 0 Å². The summed E-state index contributed by atoms with van der Waals surface area (Å²) in [5, 5.41) is 15.7. The van der Waals surface area contributed by atoms with E-state index in [1.54, 1.807) is 73.3 Å². The molecule has 10 nitrogen and oxygen atoms in total. The molecule has 0 fully saturated rings. The van der Waals surface area contributed by atoms with Crippen molar-refractivity contribution < 1.29 is 23.7 Å². The third-order valence-corrected chi connectivity index (χ3v) is 4.95. The van der Waals surface area contributed by atoms with E-state index in [4.69, 9.17) is 18.9 Å². The van der Waals surface area contributed by atoms with Crippen LogP contribution < -0.4 is 24.3 Å². The Morgan fingerprint density at radius 1 is 0.941 bits per heavy atom. The van der Waals surface area contributed by atoms with Crippen molar-refractivity contribution in [1.82, 2.24) is 25.1 Å². The van der Waals surface area contributed by atoms with Crippen molar-refractivity contribution >= 4 is 11.6 Å². The van der Waals surface area contributed by atoms with Gasteiger partial charge < -0.3 is 24.3 Å². The first-order chi connectivity index (χ1) is 16.6. The maximum absolute atomic E-state index is 12.3. The van der Waals surface area contributed by atoms with E-state index < -0.39 is 0 Å². The van der Waals surface area contributed by atoms with Gasteiger partial charge in [-0.15, -0.1) is 15.3 Å². The predicted octanol–water partition coefficient (Wildman–Crippen LogP) is 3.02. The topological polar surface area (TPSA) is 109 Å². The zero-order valence-corrected chi connectivity index (χ0v) is 19.1. The van der Waals surface area contributed by atoms with E-state index in [-0.39, 0.29) is 12.5 Å². The van der Waals surface area contributed by atoms with E-state index in [9.17, 15) is 4.79 Å². The first kappa shape index (κ1) is 22.8. The van der Waals surface area contributed by atoms with Crippen molar-refractivity contribution in [1.29, 1.82) is 0 Å². The summed E-state index contributed by atoms with van der Waals surface area (Å²) in [6.07, 6.45) is 0. The number of aromatic nitrogens is 4. The molecule has 0 spiro atoms. The molecule has 1 amide bonds. The Balaban J connectivity index is 1.41. The summed E-state index contributed by atoms with van der Waals surface area (Å²) in [4.78, 5) is 12.3. The quantitative estimate of drug-likeness (QED) is 0.358. The molecule has 2 heterocycles. The lowest BCUT2D eigenvalue weighted by molar-refractivity contribution is 0.0946. The van der Waals surface area contributed by atoms with Crippen LogP contribution in [0.25, 0.3) is 17.0 Å². The Hall–Kier alpha value is -4.34. The van der Waals surface area contributed by atoms with Gasteiger partial charge in [-0.25, -0.2) is 0 Å². The average molecular weight is 463 g/mol. The Labute approximate surface area is 196 Å². The molecule has 0 saturated heterocycles. The summed E-state index contributed by atoms with van der Waals surface area (Å²) in [5.41, 5.74) is 1.78. The van der Waals surface area contributed by atoms with Gasteiger partial charge >= 0.3 is 0 Å². The molecule has 2 aromatic carbocycles. The number of nitrogens with zero attached hydrogens (tertiary/aromatic N) is 4. The fourth-order valence-electron chi connectivity index (χ4n) is 3.30. The summed E-state index contributed by atoms with van der Waals surface area (Å²) in [6.45, 7) is 3.03. The number of amides is 1. The lowest BCUT2D eigenvalue weighted by atomic mass is 10.2. The van der Waals surface area contributed by atoms with E-state index in [1.165, 1.54) is 0 Å². The molecule has 4 rings (SSSR count). The van der Waals surface area contributed by atoms with Gasteiger partial charge in [0, 0.05) is 11.6 Å². The van der Waals surface area contributed by atoms with Crippen molar-refractivity contribution in [2.24, 2.45) is 0 Å². The van der Waals surface area contributed by atoms with Crippen LogP contribution in [0.1, 0.15) is 17.3 Å². The highest BCUT2D eigenvalue weighted by Gasteiger charge is 2.16. The Kier molecular flexibility index (Phi) is 7.07. The van der Waals surface area contributed by atoms with Crippen LogP contribution in [0.3, 0.4) is 0 Å². The second-order valence-corrected chi connectivity index (χ2v) is 7.09. The third-order valence-electron chi connectivity index (χ3n) is 4.95. The number of ether oxygens (including phenoxy) is 4. The Morgan fingerprint density at radius 3 is 2.47 bits per heavy atom. The number of carbonyl (C=O) groups is 1. The molecule has 0 bridgehead atoms. The molecule has 0 aliphatic carbocycles. The molecule has 4 aromatic rings. The van der Waals surface area contributed by atoms with Crippen LogP contribution in [0.2, 0.25) is 0 Å². The number of benzene rings is 2. The SMILES string of the molecule is CCOc1ccc(C(=O)NCCOc2ccc3nnc(-c4cc(OC)ccc4OC)n3n2)cc1. The zero-order valence-electron chi connectivity index (χ0n) is 19.1. The Morgan fingerprint density at radius 2 is 1.74 bits per heavy atom. The predicted molar refractivity (Wildman–Crippen MR) is 125 cm³/mol. The third kappa shape index (κ3) is 5.01. The Bertz CT molecular complexity index is 1270. The van der Waals surface area contributed by atoms with Crippen LogP contribution in [-0.4, -0.2) is 59.7 Å². The first-order valence-corrected chi connectivity index (χ1v) is 10.7. The van der Waals surface area contributed by atoms with E-state index in [0.717, 1.165) is 5.75 Å². The van der Waals surface area contributed by atoms with E-state index >= 15 is 0 Å². The number of hydrogen-bond donors (Lipinski definition) is 1. The summed E-state index contributed by atoms with van der Waals surface area (Å²) in [7, 11) is 3.17. The van der Waals surface area contributed by atoms with Crippen LogP contribution in [0, 0.1) is 0 Å². The summed E-state index contributed by atoms with van der Waals surface area (Å²) >= 11 is 0. The molecule has 176 valence electrons. The molecule has 0 aliphatic rings. The van der Waals surface area contributed by atoms with Crippen LogP contribution in [0.5, 0.6) is 23.1 Å². The van der Waals surface area contributed by atoms with Gasteiger partial charge in [0.05, 0.1) is 32.9 Å². The minimum absolute atomic E-state index is 0.193. The summed E-state index contributed by atoms with van der Waals surface area (Å²) < 4.78 is 23.5. The standard InChI is InChI=1S/C24H25N5O5/c1-4-33-17-7-5-16(6-8-17)24(30)25-13-14-34-22-12-11-21-26-27-23(29(21)28-22)19-15-18(31-2)9-10-20(19)32-3/h5-12,15H,4,13-14H2,1-3H3,(H,25,30). The van der Waals surface area contributed by atoms with Crippen LogP contribution in [0.15, 0.2) is 54.6 Å². The highest BCUT2D eigenvalue weighted by atomic mass is 16.5. The van der Waals surface area contributed by atoms with Crippen LogP contribution in [0.4, 0.5) is 0 Å². The number of methoxy groups -OCH3 is 2. The summed E-state index contributed by atoms with van der Waals surface area (Å²) in [5.74, 6) is 2.65. The van der Waals surface area contributed by atoms with E-state index in [1.807, 2.05) is 6.92 Å². The smallest absolute Gasteiger partial charge is 0.251 e. The molecule has 0 saturated carbocycles. The second-order valence-electron chi connectivity index (χ2n) is 7.09. The zero-order chi connectivity index (χ0) is 23.9. The number of fused-ring (bicyclic) bond motifs is 1. The van der Waals surface area contributed by atoms with Gasteiger partial charge in [-0.05, 0) is 55.5 Å². The maximum Gasteiger partial charge on any atom is 0.251 e. The van der Waals surface area contributed by atoms with E-state index in [2.05, 4.69) is 20.6 Å². The minimum atomic E-state index is -0.193. The molecule has 0 unspecified atom stereocenters. The van der Waals surface area contributed by atoms with Gasteiger partial charge in [0.1, 0.15) is 23.9 Å². The average Bonchev–Trinajstić information content (AvgIpc) is 3.30. The minimum Gasteiger partial charge on any atom is -0.497 e. The first-order valence-electron chi connectivity index (χ1n) is 10.7. The second kappa shape index (κ2) is 10.5. The van der Waals surface area contributed by atoms with Crippen molar-refractivity contribution in [3.63, 3.8) is 0 Å². The molecule has 0 atom stereocenters. The normalized spacial score (nSPS) is 10.7. The molecular formula is C24H25N5O5. The summed E-state index contributed by atoms with van der Waals surface area (Å²) in [6, 6.07) is 15.8. The lowest BCUT2D eigenvalue weighted by Gasteiger charge is -2.10. The molecule has 1 N–H and O–H groups in total. The highest BCUT2D eigenvalue weighted by molar-refractivity contribution is 5.94. The number of nitrogens with one attached hydrogen (secondary N) is 1. The molecular weight excluding hydrogens is 438 g/mol. The number of hydrogen-bond acceptors (Lipinski definition) is 8. The highest BCUT2D eigenvalue weighted by Crippen LogP contribution is 2.32. The molecule has 10 heteroatoms. The van der Waals surface area contributed by atoms with Gasteiger partial charge in [-0.3, -0.25) is 4.79 Å². The largest absolute Gasteiger partial charge is 0.497 e. The van der Waals surface area contributed by atoms with Crippen molar-refractivity contribution in [3.8, 4) is 34.5 Å². The van der Waals surface area contributed by atoms with Gasteiger partial charge in [-0.2, -0.15) is 4.52 Å². The van der Waals surface area contributed by atoms with Crippen molar-refractivity contribution in [2.75, 3.05) is 34.0 Å². The van der Waals surface area contributed by atoms with Gasteiger partial charge in [0.15, 0.2) is 11.5 Å². The fourth-order valence-corrected chi connectivity index (χ4v) is 3.30.